The normalized spacial score (nSPS) is 9.83. The highest BCUT2D eigenvalue weighted by Gasteiger charge is 1.93. The minimum atomic E-state index is 0.637. The number of methoxy groups -OCH3 is 1. The fourth-order valence-electron chi connectivity index (χ4n) is 0.812. The molecule has 4 heteroatoms. The van der Waals surface area contributed by atoms with E-state index >= 15 is 0 Å². The average molecular weight is 296 g/mol. The fourth-order valence-corrected chi connectivity index (χ4v) is 1.37. The van der Waals surface area contributed by atoms with Gasteiger partial charge >= 0.3 is 0 Å². The van der Waals surface area contributed by atoms with E-state index in [0.29, 0.717) is 6.61 Å². The molecule has 2 nitrogen and oxygen atoms in total. The van der Waals surface area contributed by atoms with Gasteiger partial charge in [0.15, 0.2) is 0 Å². The summed E-state index contributed by atoms with van der Waals surface area (Å²) in [6, 6.07) is 7.84. The van der Waals surface area contributed by atoms with Gasteiger partial charge in [-0.3, -0.25) is 0 Å². The van der Waals surface area contributed by atoms with E-state index in [1.54, 1.807) is 7.11 Å². The fraction of sp³-hybridized carbons (Fsp3) is 0.250. The Hall–Kier alpha value is 0.0600. The molecule has 0 spiro atoms. The second-order valence-corrected chi connectivity index (χ2v) is 3.61. The molecule has 1 rings (SSSR count). The summed E-state index contributed by atoms with van der Waals surface area (Å²) in [4.78, 5) is 0. The molecule has 0 amide bonds. The second kappa shape index (κ2) is 5.66. The van der Waals surface area contributed by atoms with E-state index in [1.807, 2.05) is 24.3 Å². The molecule has 12 heavy (non-hydrogen) atoms. The van der Waals surface area contributed by atoms with Gasteiger partial charge in [0.05, 0.1) is 22.9 Å². The highest BCUT2D eigenvalue weighted by atomic mass is 127. The molecule has 1 aromatic rings. The molecule has 0 bridgehead atoms. The molecule has 0 aliphatic rings. The van der Waals surface area contributed by atoms with Gasteiger partial charge in [0, 0.05) is 21.2 Å². The van der Waals surface area contributed by atoms with E-state index in [0.717, 1.165) is 11.3 Å². The molecule has 0 fully saturated rings. The molecule has 0 unspecified atom stereocenters. The Morgan fingerprint density at radius 1 is 1.33 bits per heavy atom. The van der Waals surface area contributed by atoms with Crippen molar-refractivity contribution >= 4 is 30.4 Å². The highest BCUT2D eigenvalue weighted by molar-refractivity contribution is 14.2. The minimum absolute atomic E-state index is 0.637. The van der Waals surface area contributed by atoms with Crippen LogP contribution < -0.4 is 4.74 Å². The van der Waals surface area contributed by atoms with Crippen molar-refractivity contribution < 1.29 is 8.92 Å². The quantitative estimate of drug-likeness (QED) is 0.628. The highest BCUT2D eigenvalue weighted by Crippen LogP contribution is 2.17. The van der Waals surface area contributed by atoms with E-state index in [2.05, 4.69) is 21.2 Å². The van der Waals surface area contributed by atoms with Crippen molar-refractivity contribution in [3.05, 3.63) is 29.8 Å². The Morgan fingerprint density at radius 2 is 2.00 bits per heavy atom. The Kier molecular flexibility index (Phi) is 4.79. The van der Waals surface area contributed by atoms with E-state index in [1.165, 1.54) is 9.21 Å². The maximum Gasteiger partial charge on any atom is 0.118 e. The summed E-state index contributed by atoms with van der Waals surface area (Å²) in [6.07, 6.45) is 0. The molecule has 0 saturated heterocycles. The van der Waals surface area contributed by atoms with Crippen LogP contribution in [0.1, 0.15) is 5.56 Å². The monoisotopic (exact) mass is 296 g/mol. The SMILES string of the molecule is COc1ccc(COSI)cc1. The third-order valence-corrected chi connectivity index (χ3v) is 2.40. The number of hydrogen-bond donors (Lipinski definition) is 0. The zero-order valence-corrected chi connectivity index (χ0v) is 9.59. The lowest BCUT2D eigenvalue weighted by Gasteiger charge is -2.01. The number of hydrogen-bond acceptors (Lipinski definition) is 3. The van der Waals surface area contributed by atoms with Crippen LogP contribution in [0.3, 0.4) is 0 Å². The first-order valence-electron chi connectivity index (χ1n) is 3.40. The molecule has 0 heterocycles. The molecule has 0 radical (unpaired) electrons. The molecule has 0 aliphatic carbocycles. The molecule has 0 aromatic heterocycles. The lowest BCUT2D eigenvalue weighted by molar-refractivity contribution is 0.370. The summed E-state index contributed by atoms with van der Waals surface area (Å²) in [6.45, 7) is 0.637. The first-order valence-corrected chi connectivity index (χ1v) is 6.68. The Labute approximate surface area is 88.4 Å². The van der Waals surface area contributed by atoms with Gasteiger partial charge in [0.1, 0.15) is 5.75 Å². The van der Waals surface area contributed by atoms with Crippen molar-refractivity contribution in [2.45, 2.75) is 6.61 Å². The predicted octanol–water partition coefficient (Wildman–Crippen LogP) is 3.21. The van der Waals surface area contributed by atoms with Crippen molar-refractivity contribution in [3.8, 4) is 5.75 Å². The largest absolute Gasteiger partial charge is 0.497 e. The van der Waals surface area contributed by atoms with E-state index in [-0.39, 0.29) is 0 Å². The third kappa shape index (κ3) is 3.20. The Balaban J connectivity index is 2.53. The number of rotatable bonds is 4. The molecule has 0 saturated carbocycles. The molecule has 0 atom stereocenters. The summed E-state index contributed by atoms with van der Waals surface area (Å²) >= 11 is 2.10. The van der Waals surface area contributed by atoms with Crippen LogP contribution in [0.5, 0.6) is 5.75 Å². The maximum atomic E-state index is 5.16. The number of halogens is 1. The van der Waals surface area contributed by atoms with Crippen LogP contribution in [0.2, 0.25) is 0 Å². The van der Waals surface area contributed by atoms with E-state index < -0.39 is 0 Å². The van der Waals surface area contributed by atoms with Crippen LogP contribution in [0.25, 0.3) is 0 Å². The van der Waals surface area contributed by atoms with Gasteiger partial charge in [-0.2, -0.15) is 0 Å². The molecule has 66 valence electrons. The van der Waals surface area contributed by atoms with Gasteiger partial charge < -0.3 is 8.92 Å². The molecule has 0 aliphatic heterocycles. The number of ether oxygens (including phenoxy) is 1. The summed E-state index contributed by atoms with van der Waals surface area (Å²) in [5, 5.41) is 0. The summed E-state index contributed by atoms with van der Waals surface area (Å²) < 4.78 is 10.2. The van der Waals surface area contributed by atoms with Crippen LogP contribution in [0.15, 0.2) is 24.3 Å². The van der Waals surface area contributed by atoms with Gasteiger partial charge in [0.25, 0.3) is 0 Å². The summed E-state index contributed by atoms with van der Waals surface area (Å²) in [5.41, 5.74) is 1.15. The van der Waals surface area contributed by atoms with Crippen molar-refractivity contribution in [2.24, 2.45) is 0 Å². The lowest BCUT2D eigenvalue weighted by Crippen LogP contribution is -1.86. The topological polar surface area (TPSA) is 18.5 Å². The molecular weight excluding hydrogens is 287 g/mol. The van der Waals surface area contributed by atoms with Gasteiger partial charge in [-0.15, -0.1) is 0 Å². The average Bonchev–Trinajstić information content (AvgIpc) is 2.15. The first kappa shape index (κ1) is 10.1. The minimum Gasteiger partial charge on any atom is -0.497 e. The molecule has 1 aromatic carbocycles. The third-order valence-electron chi connectivity index (χ3n) is 1.43. The predicted molar refractivity (Wildman–Crippen MR) is 59.4 cm³/mol. The van der Waals surface area contributed by atoms with Crippen molar-refractivity contribution in [1.29, 1.82) is 0 Å². The number of benzene rings is 1. The van der Waals surface area contributed by atoms with Gasteiger partial charge in [0.2, 0.25) is 0 Å². The Morgan fingerprint density at radius 3 is 2.50 bits per heavy atom. The summed E-state index contributed by atoms with van der Waals surface area (Å²) in [5.74, 6) is 0.876. The second-order valence-electron chi connectivity index (χ2n) is 2.17. The summed E-state index contributed by atoms with van der Waals surface area (Å²) in [7, 11) is 3.00. The van der Waals surface area contributed by atoms with Crippen LogP contribution in [0, 0.1) is 0 Å². The molecule has 0 N–H and O–H groups in total. The first-order chi connectivity index (χ1) is 5.86. The van der Waals surface area contributed by atoms with Crippen LogP contribution in [0.4, 0.5) is 0 Å². The lowest BCUT2D eigenvalue weighted by atomic mass is 10.2. The smallest absolute Gasteiger partial charge is 0.118 e. The van der Waals surface area contributed by atoms with Gasteiger partial charge in [-0.05, 0) is 17.7 Å². The van der Waals surface area contributed by atoms with Crippen molar-refractivity contribution in [2.75, 3.05) is 7.11 Å². The van der Waals surface area contributed by atoms with Crippen molar-refractivity contribution in [3.63, 3.8) is 0 Å². The van der Waals surface area contributed by atoms with Crippen LogP contribution in [-0.2, 0) is 10.8 Å². The van der Waals surface area contributed by atoms with Gasteiger partial charge in [-0.25, -0.2) is 0 Å². The standard InChI is InChI=1S/C8H9IO2S/c1-10-8-4-2-7(3-5-8)6-11-12-9/h2-5H,6H2,1H3. The van der Waals surface area contributed by atoms with Crippen LogP contribution >= 0.6 is 30.4 Å². The van der Waals surface area contributed by atoms with E-state index in [4.69, 9.17) is 8.92 Å². The zero-order valence-electron chi connectivity index (χ0n) is 6.62. The maximum absolute atomic E-state index is 5.16. The van der Waals surface area contributed by atoms with Crippen molar-refractivity contribution in [1.82, 2.24) is 0 Å². The molecular formula is C8H9IO2S. The zero-order chi connectivity index (χ0) is 8.81. The van der Waals surface area contributed by atoms with Gasteiger partial charge in [-0.1, -0.05) is 12.1 Å². The van der Waals surface area contributed by atoms with E-state index in [9.17, 15) is 0 Å². The van der Waals surface area contributed by atoms with Crippen LogP contribution in [-0.4, -0.2) is 7.11 Å². The Bertz CT molecular complexity index is 225.